The molecular formula is C28H33ClN6O2. The minimum Gasteiger partial charge on any atom is -0.488 e. The summed E-state index contributed by atoms with van der Waals surface area (Å²) in [6.45, 7) is 7.14. The van der Waals surface area contributed by atoms with Crippen molar-refractivity contribution in [2.75, 3.05) is 32.7 Å². The van der Waals surface area contributed by atoms with Crippen LogP contribution in [0, 0.1) is 12.8 Å². The number of halogens is 1. The monoisotopic (exact) mass is 520 g/mol. The Balaban J connectivity index is 1.21. The highest BCUT2D eigenvalue weighted by atomic mass is 35.5. The van der Waals surface area contributed by atoms with Crippen molar-refractivity contribution >= 4 is 17.5 Å². The van der Waals surface area contributed by atoms with Gasteiger partial charge in [0.25, 0.3) is 0 Å². The number of pyridine rings is 1. The number of carbonyl (C=O) groups is 1. The lowest BCUT2D eigenvalue weighted by Gasteiger charge is -2.41. The average Bonchev–Trinajstić information content (AvgIpc) is 3.25. The fraction of sp³-hybridized carbons (Fsp3) is 0.464. The Morgan fingerprint density at radius 1 is 1.22 bits per heavy atom. The smallest absolute Gasteiger partial charge is 0.241 e. The topological polar surface area (TPSA) is 75.5 Å². The maximum Gasteiger partial charge on any atom is 0.241 e. The molecule has 0 saturated carbocycles. The van der Waals surface area contributed by atoms with Crippen LogP contribution in [0.4, 0.5) is 0 Å². The maximum absolute atomic E-state index is 13.7. The molecule has 0 spiro atoms. The van der Waals surface area contributed by atoms with Gasteiger partial charge in [0.05, 0.1) is 29.8 Å². The molecule has 3 aliphatic rings. The largest absolute Gasteiger partial charge is 0.488 e. The fourth-order valence-corrected chi connectivity index (χ4v) is 6.19. The first-order valence-corrected chi connectivity index (χ1v) is 13.5. The van der Waals surface area contributed by atoms with Crippen LogP contribution in [0.5, 0.6) is 5.75 Å². The molecule has 1 N–H and O–H groups in total. The highest BCUT2D eigenvalue weighted by Gasteiger charge is 2.37. The quantitative estimate of drug-likeness (QED) is 0.568. The number of fused-ring (bicyclic) bond motifs is 2. The van der Waals surface area contributed by atoms with Crippen LogP contribution in [0.15, 0.2) is 49.1 Å². The number of rotatable bonds is 4. The molecule has 3 aromatic rings. The highest BCUT2D eigenvalue weighted by molar-refractivity contribution is 6.30. The van der Waals surface area contributed by atoms with E-state index in [9.17, 15) is 4.79 Å². The molecule has 0 aliphatic carbocycles. The molecule has 3 aliphatic heterocycles. The van der Waals surface area contributed by atoms with Crippen molar-refractivity contribution in [1.82, 2.24) is 29.7 Å². The number of imidazole rings is 1. The second-order valence-corrected chi connectivity index (χ2v) is 10.9. The first kappa shape index (κ1) is 24.4. The molecule has 5 heterocycles. The van der Waals surface area contributed by atoms with Gasteiger partial charge in [-0.25, -0.2) is 4.98 Å². The number of ether oxygens (including phenoxy) is 1. The molecule has 6 rings (SSSR count). The lowest BCUT2D eigenvalue weighted by atomic mass is 9.95. The van der Waals surface area contributed by atoms with E-state index in [-0.39, 0.29) is 18.0 Å². The lowest BCUT2D eigenvalue weighted by molar-refractivity contribution is -0.136. The number of likely N-dealkylation sites (tertiary alicyclic amines) is 1. The molecule has 2 aromatic heterocycles. The van der Waals surface area contributed by atoms with Gasteiger partial charge in [-0.15, -0.1) is 0 Å². The van der Waals surface area contributed by atoms with Crippen LogP contribution in [0.2, 0.25) is 5.02 Å². The van der Waals surface area contributed by atoms with Gasteiger partial charge in [0.2, 0.25) is 5.91 Å². The summed E-state index contributed by atoms with van der Waals surface area (Å²) in [5, 5.41) is 4.15. The second kappa shape index (κ2) is 10.4. The number of piperazine rings is 1. The van der Waals surface area contributed by atoms with Crippen molar-refractivity contribution in [3.05, 3.63) is 76.6 Å². The van der Waals surface area contributed by atoms with E-state index in [0.717, 1.165) is 73.8 Å². The Hall–Kier alpha value is -2.94. The van der Waals surface area contributed by atoms with E-state index in [0.29, 0.717) is 24.1 Å². The van der Waals surface area contributed by atoms with Gasteiger partial charge in [0, 0.05) is 67.8 Å². The van der Waals surface area contributed by atoms with Crippen molar-refractivity contribution in [2.24, 2.45) is 5.92 Å². The lowest BCUT2D eigenvalue weighted by Crippen LogP contribution is -2.59. The van der Waals surface area contributed by atoms with Crippen molar-refractivity contribution in [2.45, 2.75) is 45.0 Å². The number of amides is 1. The minimum absolute atomic E-state index is 0.0954. The van der Waals surface area contributed by atoms with Crippen molar-refractivity contribution < 1.29 is 9.53 Å². The third-order valence-electron chi connectivity index (χ3n) is 7.77. The van der Waals surface area contributed by atoms with E-state index < -0.39 is 0 Å². The van der Waals surface area contributed by atoms with Crippen molar-refractivity contribution in [1.29, 1.82) is 0 Å². The number of hydrogen-bond donors (Lipinski definition) is 1. The summed E-state index contributed by atoms with van der Waals surface area (Å²) in [5.74, 6) is 1.42. The maximum atomic E-state index is 13.7. The normalized spacial score (nSPS) is 24.1. The molecule has 37 heavy (non-hydrogen) atoms. The van der Waals surface area contributed by atoms with Gasteiger partial charge in [-0.3, -0.25) is 14.7 Å². The Morgan fingerprint density at radius 3 is 3.00 bits per heavy atom. The van der Waals surface area contributed by atoms with E-state index in [1.807, 2.05) is 43.7 Å². The Bertz CT molecular complexity index is 1280. The van der Waals surface area contributed by atoms with Crippen molar-refractivity contribution in [3.8, 4) is 5.75 Å². The standard InChI is InChI=1S/C28H33ClN6O2/c1-19-13-33(18-32-19)14-20-4-3-10-35(15-20)28(36)24-16-34(11-9-30-24)27-23-7-6-22(29)12-25(23)37-17-21-5-2-8-31-26(21)27/h2,5-8,12-13,18,20,24,27,30H,3-4,9-11,14-17H2,1H3/t20-,24+,27?/m0/s1. The first-order chi connectivity index (χ1) is 18.0. The highest BCUT2D eigenvalue weighted by Crippen LogP contribution is 2.40. The molecule has 8 nitrogen and oxygen atoms in total. The Labute approximate surface area is 222 Å². The summed E-state index contributed by atoms with van der Waals surface area (Å²) in [7, 11) is 0. The van der Waals surface area contributed by atoms with Crippen LogP contribution in [-0.4, -0.2) is 69.0 Å². The molecule has 2 saturated heterocycles. The van der Waals surface area contributed by atoms with Crippen molar-refractivity contribution in [3.63, 3.8) is 0 Å². The van der Waals surface area contributed by atoms with Gasteiger partial charge < -0.3 is 19.5 Å². The van der Waals surface area contributed by atoms with E-state index in [4.69, 9.17) is 21.3 Å². The average molecular weight is 521 g/mol. The van der Waals surface area contributed by atoms with Gasteiger partial charge in [0.15, 0.2) is 0 Å². The van der Waals surface area contributed by atoms with Gasteiger partial charge in [0.1, 0.15) is 12.4 Å². The molecule has 194 valence electrons. The predicted octanol–water partition coefficient (Wildman–Crippen LogP) is 3.43. The number of piperidine rings is 1. The Morgan fingerprint density at radius 2 is 2.14 bits per heavy atom. The van der Waals surface area contributed by atoms with Gasteiger partial charge in [-0.05, 0) is 43.9 Å². The predicted molar refractivity (Wildman–Crippen MR) is 141 cm³/mol. The minimum atomic E-state index is -0.255. The summed E-state index contributed by atoms with van der Waals surface area (Å²) in [4.78, 5) is 27.3. The summed E-state index contributed by atoms with van der Waals surface area (Å²) in [6, 6.07) is 9.50. The van der Waals surface area contributed by atoms with Gasteiger partial charge >= 0.3 is 0 Å². The van der Waals surface area contributed by atoms with Crippen LogP contribution >= 0.6 is 11.6 Å². The van der Waals surface area contributed by atoms with Crippen LogP contribution in [0.3, 0.4) is 0 Å². The molecule has 1 unspecified atom stereocenters. The summed E-state index contributed by atoms with van der Waals surface area (Å²) < 4.78 is 8.31. The zero-order valence-electron chi connectivity index (χ0n) is 21.1. The van der Waals surface area contributed by atoms with Gasteiger partial charge in [-0.1, -0.05) is 23.7 Å². The zero-order chi connectivity index (χ0) is 25.4. The van der Waals surface area contributed by atoms with E-state index in [1.165, 1.54) is 0 Å². The molecule has 0 bridgehead atoms. The van der Waals surface area contributed by atoms with Crippen LogP contribution in [-0.2, 0) is 17.9 Å². The molecule has 1 amide bonds. The number of aryl methyl sites for hydroxylation is 1. The first-order valence-electron chi connectivity index (χ1n) is 13.2. The third kappa shape index (κ3) is 5.10. The number of nitrogens with zero attached hydrogens (tertiary/aromatic N) is 5. The summed E-state index contributed by atoms with van der Waals surface area (Å²) >= 11 is 6.32. The molecule has 0 radical (unpaired) electrons. The molecule has 9 heteroatoms. The van der Waals surface area contributed by atoms with Crippen LogP contribution < -0.4 is 10.1 Å². The Kier molecular flexibility index (Phi) is 6.88. The number of aromatic nitrogens is 3. The van der Waals surface area contributed by atoms with E-state index >= 15 is 0 Å². The molecule has 3 atom stereocenters. The van der Waals surface area contributed by atoms with E-state index in [1.54, 1.807) is 0 Å². The van der Waals surface area contributed by atoms with Gasteiger partial charge in [-0.2, -0.15) is 0 Å². The number of benzene rings is 1. The third-order valence-corrected chi connectivity index (χ3v) is 8.01. The SMILES string of the molecule is Cc1cn(C[C@@H]2CCCN(C(=O)[C@H]3CN(C4c5ccc(Cl)cc5OCc5cccnc54)CCN3)C2)cn1. The van der Waals surface area contributed by atoms with Crippen LogP contribution in [0.1, 0.15) is 41.4 Å². The second-order valence-electron chi connectivity index (χ2n) is 10.4. The molecule has 1 aromatic carbocycles. The number of nitrogens with one attached hydrogen (secondary N) is 1. The summed E-state index contributed by atoms with van der Waals surface area (Å²) in [5.41, 5.74) is 4.13. The number of carbonyl (C=O) groups excluding carboxylic acids is 1. The fourth-order valence-electron chi connectivity index (χ4n) is 6.03. The zero-order valence-corrected chi connectivity index (χ0v) is 21.9. The molecular weight excluding hydrogens is 488 g/mol. The van der Waals surface area contributed by atoms with E-state index in [2.05, 4.69) is 36.9 Å². The number of hydrogen-bond acceptors (Lipinski definition) is 6. The van der Waals surface area contributed by atoms with Crippen LogP contribution in [0.25, 0.3) is 0 Å². The molecule has 2 fully saturated rings. The summed E-state index contributed by atoms with van der Waals surface area (Å²) in [6.07, 6.45) is 7.98.